The van der Waals surface area contributed by atoms with Crippen LogP contribution in [0.15, 0.2) is 18.2 Å². The molecule has 0 aliphatic carbocycles. The second kappa shape index (κ2) is 6.71. The highest BCUT2D eigenvalue weighted by Crippen LogP contribution is 2.36. The number of nitrogens with two attached hydrogens (primary N) is 1. The SMILES string of the molecule is CC(CNC(=O)Nc1ccc(Cl)c(C(F)(F)F)c1)S(N)(=O)=O. The number of amides is 2. The van der Waals surface area contributed by atoms with Crippen molar-refractivity contribution in [3.8, 4) is 0 Å². The summed E-state index contributed by atoms with van der Waals surface area (Å²) in [6.07, 6.45) is -4.66. The van der Waals surface area contributed by atoms with Gasteiger partial charge in [0, 0.05) is 12.2 Å². The highest BCUT2D eigenvalue weighted by atomic mass is 35.5. The first kappa shape index (κ1) is 18.5. The molecule has 6 nitrogen and oxygen atoms in total. The van der Waals surface area contributed by atoms with E-state index in [0.717, 1.165) is 6.07 Å². The Morgan fingerprint density at radius 1 is 1.41 bits per heavy atom. The van der Waals surface area contributed by atoms with Gasteiger partial charge in [-0.3, -0.25) is 0 Å². The Hall–Kier alpha value is -1.52. The van der Waals surface area contributed by atoms with E-state index in [9.17, 15) is 26.4 Å². The minimum Gasteiger partial charge on any atom is -0.337 e. The number of sulfonamides is 1. The van der Waals surface area contributed by atoms with Crippen LogP contribution in [-0.4, -0.2) is 26.2 Å². The lowest BCUT2D eigenvalue weighted by molar-refractivity contribution is -0.137. The number of carbonyl (C=O) groups is 1. The Morgan fingerprint density at radius 2 is 2.00 bits per heavy atom. The number of rotatable bonds is 4. The van der Waals surface area contributed by atoms with Gasteiger partial charge in [0.1, 0.15) is 0 Å². The van der Waals surface area contributed by atoms with Crippen LogP contribution >= 0.6 is 11.6 Å². The minimum atomic E-state index is -4.66. The summed E-state index contributed by atoms with van der Waals surface area (Å²) in [5, 5.41) is 7.66. The summed E-state index contributed by atoms with van der Waals surface area (Å²) in [7, 11) is -3.81. The molecule has 0 fully saturated rings. The number of urea groups is 1. The number of benzene rings is 1. The second-order valence-electron chi connectivity index (χ2n) is 4.43. The monoisotopic (exact) mass is 359 g/mol. The van der Waals surface area contributed by atoms with E-state index in [2.05, 4.69) is 10.6 Å². The third-order valence-electron chi connectivity index (χ3n) is 2.64. The maximum Gasteiger partial charge on any atom is 0.417 e. The van der Waals surface area contributed by atoms with Gasteiger partial charge in [0.2, 0.25) is 10.0 Å². The summed E-state index contributed by atoms with van der Waals surface area (Å²) < 4.78 is 59.9. The van der Waals surface area contributed by atoms with E-state index < -0.39 is 38.1 Å². The summed E-state index contributed by atoms with van der Waals surface area (Å²) in [6.45, 7) is 0.990. The Morgan fingerprint density at radius 3 is 2.50 bits per heavy atom. The molecule has 1 unspecified atom stereocenters. The topological polar surface area (TPSA) is 101 Å². The lowest BCUT2D eigenvalue weighted by atomic mass is 10.2. The second-order valence-corrected chi connectivity index (χ2v) is 6.82. The van der Waals surface area contributed by atoms with Gasteiger partial charge in [0.05, 0.1) is 15.8 Å². The normalized spacial score (nSPS) is 13.5. The molecule has 1 aromatic rings. The van der Waals surface area contributed by atoms with Gasteiger partial charge in [-0.2, -0.15) is 13.2 Å². The van der Waals surface area contributed by atoms with Crippen LogP contribution in [0, 0.1) is 0 Å². The number of hydrogen-bond acceptors (Lipinski definition) is 3. The van der Waals surface area contributed by atoms with Crippen LogP contribution in [0.5, 0.6) is 0 Å². The van der Waals surface area contributed by atoms with Gasteiger partial charge in [-0.1, -0.05) is 11.6 Å². The maximum absolute atomic E-state index is 12.7. The third-order valence-corrected chi connectivity index (χ3v) is 4.26. The molecule has 1 atom stereocenters. The Balaban J connectivity index is 2.74. The fourth-order valence-corrected chi connectivity index (χ4v) is 1.89. The molecule has 0 spiro atoms. The zero-order chi connectivity index (χ0) is 17.1. The molecule has 0 bridgehead atoms. The first-order valence-electron chi connectivity index (χ1n) is 5.84. The molecule has 2 amide bonds. The van der Waals surface area contributed by atoms with Crippen LogP contribution in [0.25, 0.3) is 0 Å². The Bertz CT molecular complexity index is 664. The molecule has 0 aliphatic rings. The highest BCUT2D eigenvalue weighted by molar-refractivity contribution is 7.89. The predicted octanol–water partition coefficient (Wildman–Crippen LogP) is 2.16. The molecule has 0 aromatic heterocycles. The van der Waals surface area contributed by atoms with Gasteiger partial charge in [0.15, 0.2) is 0 Å². The number of hydrogen-bond donors (Lipinski definition) is 3. The quantitative estimate of drug-likeness (QED) is 0.767. The molecule has 0 saturated carbocycles. The van der Waals surface area contributed by atoms with Crippen LogP contribution in [0.2, 0.25) is 5.02 Å². The van der Waals surface area contributed by atoms with E-state index in [0.29, 0.717) is 6.07 Å². The third kappa shape index (κ3) is 5.35. The van der Waals surface area contributed by atoms with Crippen molar-refractivity contribution in [3.63, 3.8) is 0 Å². The van der Waals surface area contributed by atoms with Crippen molar-refractivity contribution in [1.29, 1.82) is 0 Å². The molecule has 11 heteroatoms. The van der Waals surface area contributed by atoms with Crippen LogP contribution in [0.1, 0.15) is 12.5 Å². The van der Waals surface area contributed by atoms with Crippen molar-refractivity contribution < 1.29 is 26.4 Å². The van der Waals surface area contributed by atoms with E-state index in [4.69, 9.17) is 16.7 Å². The van der Waals surface area contributed by atoms with Crippen LogP contribution < -0.4 is 15.8 Å². The summed E-state index contributed by atoms with van der Waals surface area (Å²) in [4.78, 5) is 11.5. The maximum atomic E-state index is 12.7. The molecule has 4 N–H and O–H groups in total. The van der Waals surface area contributed by atoms with Crippen molar-refractivity contribution in [2.24, 2.45) is 5.14 Å². The van der Waals surface area contributed by atoms with Gasteiger partial charge >= 0.3 is 12.2 Å². The summed E-state index contributed by atoms with van der Waals surface area (Å²) >= 11 is 5.44. The largest absolute Gasteiger partial charge is 0.417 e. The number of halogens is 4. The lowest BCUT2D eigenvalue weighted by Gasteiger charge is -2.13. The zero-order valence-electron chi connectivity index (χ0n) is 11.2. The fourth-order valence-electron chi connectivity index (χ4n) is 1.35. The predicted molar refractivity (Wildman–Crippen MR) is 76.0 cm³/mol. The van der Waals surface area contributed by atoms with E-state index in [1.54, 1.807) is 0 Å². The molecular weight excluding hydrogens is 347 g/mol. The van der Waals surface area contributed by atoms with Gasteiger partial charge in [-0.25, -0.2) is 18.4 Å². The number of anilines is 1. The van der Waals surface area contributed by atoms with Crippen molar-refractivity contribution in [2.75, 3.05) is 11.9 Å². The summed E-state index contributed by atoms with van der Waals surface area (Å²) in [5.41, 5.74) is -1.23. The first-order valence-corrected chi connectivity index (χ1v) is 7.83. The number of alkyl halides is 3. The van der Waals surface area contributed by atoms with Gasteiger partial charge in [-0.05, 0) is 25.1 Å². The first-order chi connectivity index (χ1) is 9.91. The van der Waals surface area contributed by atoms with Crippen molar-refractivity contribution in [3.05, 3.63) is 28.8 Å². The van der Waals surface area contributed by atoms with E-state index >= 15 is 0 Å². The number of carbonyl (C=O) groups excluding carboxylic acids is 1. The van der Waals surface area contributed by atoms with Gasteiger partial charge < -0.3 is 10.6 Å². The molecule has 1 rings (SSSR count). The average Bonchev–Trinajstić information content (AvgIpc) is 2.35. The average molecular weight is 360 g/mol. The summed E-state index contributed by atoms with van der Waals surface area (Å²) in [6, 6.07) is 1.98. The van der Waals surface area contributed by atoms with Crippen molar-refractivity contribution in [1.82, 2.24) is 5.32 Å². The van der Waals surface area contributed by atoms with E-state index in [1.807, 2.05) is 0 Å². The molecule has 1 aromatic carbocycles. The Labute approximate surface area is 129 Å². The van der Waals surface area contributed by atoms with E-state index in [1.165, 1.54) is 13.0 Å². The molecule has 124 valence electrons. The van der Waals surface area contributed by atoms with Crippen LogP contribution in [0.4, 0.5) is 23.7 Å². The van der Waals surface area contributed by atoms with E-state index in [-0.39, 0.29) is 12.2 Å². The van der Waals surface area contributed by atoms with Crippen molar-refractivity contribution in [2.45, 2.75) is 18.3 Å². The summed E-state index contributed by atoms with van der Waals surface area (Å²) in [5.74, 6) is 0. The fraction of sp³-hybridized carbons (Fsp3) is 0.364. The van der Waals surface area contributed by atoms with Crippen LogP contribution in [0.3, 0.4) is 0 Å². The number of nitrogens with one attached hydrogen (secondary N) is 2. The van der Waals surface area contributed by atoms with Gasteiger partial charge in [-0.15, -0.1) is 0 Å². The zero-order valence-corrected chi connectivity index (χ0v) is 12.8. The molecule has 0 radical (unpaired) electrons. The smallest absolute Gasteiger partial charge is 0.337 e. The van der Waals surface area contributed by atoms with Gasteiger partial charge in [0.25, 0.3) is 0 Å². The molecule has 0 saturated heterocycles. The highest BCUT2D eigenvalue weighted by Gasteiger charge is 2.33. The molecule has 0 heterocycles. The standard InChI is InChI=1S/C11H13ClF3N3O3S/c1-6(22(16,20)21)5-17-10(19)18-7-2-3-9(12)8(4-7)11(13,14)15/h2-4,6H,5H2,1H3,(H2,16,20,21)(H2,17,18,19). The van der Waals surface area contributed by atoms with Crippen LogP contribution in [-0.2, 0) is 16.2 Å². The van der Waals surface area contributed by atoms with Crippen molar-refractivity contribution >= 4 is 33.3 Å². The lowest BCUT2D eigenvalue weighted by Crippen LogP contribution is -2.39. The number of primary sulfonamides is 1. The Kier molecular flexibility index (Phi) is 5.65. The molecular formula is C11H13ClF3N3O3S. The minimum absolute atomic E-state index is 0.141. The molecule has 22 heavy (non-hydrogen) atoms. The molecule has 0 aliphatic heterocycles.